The highest BCUT2D eigenvalue weighted by atomic mass is 32.1. The van der Waals surface area contributed by atoms with E-state index in [2.05, 4.69) is 30.5 Å². The van der Waals surface area contributed by atoms with Gasteiger partial charge in [-0.25, -0.2) is 4.68 Å². The number of methoxy groups -OCH3 is 1. The van der Waals surface area contributed by atoms with Crippen LogP contribution >= 0.6 is 11.3 Å². The van der Waals surface area contributed by atoms with Gasteiger partial charge in [0.2, 0.25) is 0 Å². The average Bonchev–Trinajstić information content (AvgIpc) is 3.64. The molecule has 1 N–H and O–H groups in total. The van der Waals surface area contributed by atoms with Crippen LogP contribution in [-0.4, -0.2) is 54.3 Å². The largest absolute Gasteiger partial charge is 0.496 e. The number of carbonyl (C=O) groups excluding carboxylic acids is 1. The molecule has 2 atom stereocenters. The van der Waals surface area contributed by atoms with Crippen molar-refractivity contribution in [2.24, 2.45) is 10.9 Å². The van der Waals surface area contributed by atoms with Crippen LogP contribution in [0.2, 0.25) is 0 Å². The summed E-state index contributed by atoms with van der Waals surface area (Å²) in [5.74, 6) is 1.66. The number of nitrogens with one attached hydrogen (secondary N) is 1. The van der Waals surface area contributed by atoms with Crippen LogP contribution in [0.25, 0.3) is 16.9 Å². The van der Waals surface area contributed by atoms with E-state index in [0.29, 0.717) is 36.3 Å². The maximum Gasteiger partial charge on any atom is 0.272 e. The number of hydrogen-bond acceptors (Lipinski definition) is 7. The maximum atomic E-state index is 13.3. The Hall–Kier alpha value is -3.43. The van der Waals surface area contributed by atoms with Crippen molar-refractivity contribution < 1.29 is 19.0 Å². The molecule has 0 spiro atoms. The fourth-order valence-corrected chi connectivity index (χ4v) is 5.48. The van der Waals surface area contributed by atoms with Crippen molar-refractivity contribution in [1.29, 1.82) is 0 Å². The van der Waals surface area contributed by atoms with Crippen LogP contribution in [0.4, 0.5) is 0 Å². The van der Waals surface area contributed by atoms with E-state index in [-0.39, 0.29) is 18.6 Å². The third kappa shape index (κ3) is 4.12. The minimum absolute atomic E-state index is 0.00506. The quantitative estimate of drug-likeness (QED) is 0.556. The van der Waals surface area contributed by atoms with Gasteiger partial charge in [-0.3, -0.25) is 9.79 Å². The first-order valence-corrected chi connectivity index (χ1v) is 13.2. The van der Waals surface area contributed by atoms with Gasteiger partial charge < -0.3 is 19.5 Å². The van der Waals surface area contributed by atoms with E-state index in [1.54, 1.807) is 18.4 Å². The first-order chi connectivity index (χ1) is 17.6. The number of benzene rings is 1. The molecular weight excluding hydrogens is 476 g/mol. The number of aliphatic imine (C=N–C) groups is 1. The number of thiophene rings is 1. The molecule has 1 saturated heterocycles. The normalized spacial score (nSPS) is 20.7. The van der Waals surface area contributed by atoms with Gasteiger partial charge >= 0.3 is 0 Å². The maximum absolute atomic E-state index is 13.3. The van der Waals surface area contributed by atoms with Crippen molar-refractivity contribution in [3.63, 3.8) is 0 Å². The van der Waals surface area contributed by atoms with Gasteiger partial charge in [-0.15, -0.1) is 0 Å². The molecule has 3 aliphatic heterocycles. The van der Waals surface area contributed by atoms with Gasteiger partial charge in [0.1, 0.15) is 18.1 Å². The monoisotopic (exact) mass is 504 g/mol. The van der Waals surface area contributed by atoms with Crippen molar-refractivity contribution in [2.75, 3.05) is 26.9 Å². The molecule has 0 saturated carbocycles. The van der Waals surface area contributed by atoms with Crippen LogP contribution in [-0.2, 0) is 11.3 Å². The van der Waals surface area contributed by atoms with Crippen LogP contribution < -0.4 is 14.8 Å². The van der Waals surface area contributed by atoms with Crippen molar-refractivity contribution in [3.05, 3.63) is 57.9 Å². The van der Waals surface area contributed by atoms with Gasteiger partial charge in [-0.2, -0.15) is 16.4 Å². The summed E-state index contributed by atoms with van der Waals surface area (Å²) in [6.07, 6.45) is 6.08. The zero-order valence-corrected chi connectivity index (χ0v) is 21.1. The second-order valence-electron chi connectivity index (χ2n) is 9.33. The Morgan fingerprint density at radius 1 is 1.28 bits per heavy atom. The molecule has 1 amide bonds. The smallest absolute Gasteiger partial charge is 0.272 e. The van der Waals surface area contributed by atoms with E-state index < -0.39 is 0 Å². The van der Waals surface area contributed by atoms with Gasteiger partial charge in [0.15, 0.2) is 5.69 Å². The zero-order chi connectivity index (χ0) is 24.6. The molecule has 0 radical (unpaired) electrons. The lowest BCUT2D eigenvalue weighted by Crippen LogP contribution is -2.35. The topological polar surface area (TPSA) is 87.0 Å². The average molecular weight is 505 g/mol. The highest BCUT2D eigenvalue weighted by Crippen LogP contribution is 2.44. The van der Waals surface area contributed by atoms with Crippen molar-refractivity contribution in [3.8, 4) is 28.4 Å². The second kappa shape index (κ2) is 9.55. The lowest BCUT2D eigenvalue weighted by atomic mass is 9.96. The van der Waals surface area contributed by atoms with E-state index >= 15 is 0 Å². The number of hydrogen-bond donors (Lipinski definition) is 1. The number of aromatic nitrogens is 2. The lowest BCUT2D eigenvalue weighted by Gasteiger charge is -2.22. The van der Waals surface area contributed by atoms with Gasteiger partial charge in [0, 0.05) is 41.3 Å². The molecule has 1 fully saturated rings. The summed E-state index contributed by atoms with van der Waals surface area (Å²) in [6, 6.07) is 5.97. The number of rotatable bonds is 5. The van der Waals surface area contributed by atoms with E-state index in [9.17, 15) is 4.79 Å². The molecule has 6 rings (SSSR count). The van der Waals surface area contributed by atoms with E-state index in [0.717, 1.165) is 53.2 Å². The fraction of sp³-hybridized carbons (Fsp3) is 0.370. The molecular formula is C27H28N4O4S. The Morgan fingerprint density at radius 2 is 2.19 bits per heavy atom. The molecule has 1 aromatic carbocycles. The van der Waals surface area contributed by atoms with Crippen LogP contribution in [0.1, 0.15) is 41.4 Å². The first-order valence-electron chi connectivity index (χ1n) is 12.2. The summed E-state index contributed by atoms with van der Waals surface area (Å²) in [5, 5.41) is 11.9. The van der Waals surface area contributed by atoms with Crippen LogP contribution in [0.3, 0.4) is 0 Å². The van der Waals surface area contributed by atoms with Gasteiger partial charge in [0.25, 0.3) is 5.91 Å². The third-order valence-electron chi connectivity index (χ3n) is 6.87. The summed E-state index contributed by atoms with van der Waals surface area (Å²) in [7, 11) is 1.66. The Kier molecular flexibility index (Phi) is 6.10. The Morgan fingerprint density at radius 3 is 2.97 bits per heavy atom. The number of fused-ring (bicyclic) bond motifs is 3. The number of ether oxygens (including phenoxy) is 3. The van der Waals surface area contributed by atoms with Crippen molar-refractivity contribution in [1.82, 2.24) is 15.1 Å². The summed E-state index contributed by atoms with van der Waals surface area (Å²) in [6.45, 7) is 4.38. The standard InChI is InChI=1S/C27H28N4O4S/c1-16-3-4-22(28-8-5-16)19-11-20-24(12-23(19)33-2)35-14-21-25(27(32)29-17-6-9-34-13-17)30-31(26(20)21)18-7-10-36-15-18/h3-4,7,10-12,15-17H,5-6,8-9,13-14H2,1-2H3,(H,29,32). The molecule has 2 aromatic heterocycles. The molecule has 0 aliphatic carbocycles. The lowest BCUT2D eigenvalue weighted by molar-refractivity contribution is 0.0922. The number of nitrogens with zero attached hydrogens (tertiary/aromatic N) is 3. The summed E-state index contributed by atoms with van der Waals surface area (Å²) < 4.78 is 19.2. The molecule has 3 aliphatic rings. The Labute approximate surface area is 213 Å². The molecule has 8 nitrogen and oxygen atoms in total. The van der Waals surface area contributed by atoms with E-state index in [1.165, 1.54) is 0 Å². The molecule has 2 unspecified atom stereocenters. The summed E-state index contributed by atoms with van der Waals surface area (Å²) >= 11 is 1.59. The molecule has 0 bridgehead atoms. The minimum Gasteiger partial charge on any atom is -0.496 e. The summed E-state index contributed by atoms with van der Waals surface area (Å²) in [4.78, 5) is 18.1. The fourth-order valence-electron chi connectivity index (χ4n) is 4.87. The second-order valence-corrected chi connectivity index (χ2v) is 10.1. The minimum atomic E-state index is -0.207. The number of allylic oxidation sites excluding steroid dienone is 2. The molecule has 9 heteroatoms. The van der Waals surface area contributed by atoms with Crippen LogP contribution in [0, 0.1) is 5.92 Å². The van der Waals surface area contributed by atoms with Crippen LogP contribution in [0.5, 0.6) is 11.5 Å². The number of carbonyl (C=O) groups is 1. The predicted octanol–water partition coefficient (Wildman–Crippen LogP) is 4.41. The van der Waals surface area contributed by atoms with Crippen LogP contribution in [0.15, 0.2) is 46.1 Å². The predicted molar refractivity (Wildman–Crippen MR) is 139 cm³/mol. The highest BCUT2D eigenvalue weighted by Gasteiger charge is 2.32. The van der Waals surface area contributed by atoms with Crippen molar-refractivity contribution in [2.45, 2.75) is 32.4 Å². The van der Waals surface area contributed by atoms with E-state index in [1.807, 2.05) is 27.6 Å². The molecule has 186 valence electrons. The van der Waals surface area contributed by atoms with Gasteiger partial charge in [-0.05, 0) is 42.3 Å². The Bertz CT molecular complexity index is 1350. The molecule has 5 heterocycles. The third-order valence-corrected chi connectivity index (χ3v) is 7.54. The SMILES string of the molecule is COc1cc2c(cc1C1=NCCC(C)C=C1)-c1c(c(C(=O)NC3CCOC3)nn1-c1ccsc1)CO2. The molecule has 3 aromatic rings. The summed E-state index contributed by atoms with van der Waals surface area (Å²) in [5.41, 5.74) is 5.56. The first kappa shape index (κ1) is 23.0. The highest BCUT2D eigenvalue weighted by molar-refractivity contribution is 7.08. The van der Waals surface area contributed by atoms with E-state index in [4.69, 9.17) is 24.3 Å². The van der Waals surface area contributed by atoms with Crippen molar-refractivity contribution >= 4 is 23.0 Å². The Balaban J connectivity index is 1.49. The molecule has 36 heavy (non-hydrogen) atoms. The number of amides is 1. The zero-order valence-electron chi connectivity index (χ0n) is 20.3. The van der Waals surface area contributed by atoms with Gasteiger partial charge in [-0.1, -0.05) is 13.0 Å². The van der Waals surface area contributed by atoms with Gasteiger partial charge in [0.05, 0.1) is 36.9 Å².